The lowest BCUT2D eigenvalue weighted by Gasteiger charge is -2.32. The van der Waals surface area contributed by atoms with Gasteiger partial charge in [0, 0.05) is 49.5 Å². The Bertz CT molecular complexity index is 3870. The van der Waals surface area contributed by atoms with Gasteiger partial charge < -0.3 is 14.4 Å². The predicted molar refractivity (Wildman–Crippen MR) is 293 cm³/mol. The summed E-state index contributed by atoms with van der Waals surface area (Å²) in [4.78, 5) is 2.51. The second-order valence-corrected chi connectivity index (χ2v) is 22.1. The first-order chi connectivity index (χ1) is 33.5. The summed E-state index contributed by atoms with van der Waals surface area (Å²) in [7, 11) is 0. The Morgan fingerprint density at radius 2 is 0.971 bits per heavy atom. The average molecular weight is 908 g/mol. The first-order valence-electron chi connectivity index (χ1n) is 24.9. The molecule has 3 aliphatic carbocycles. The van der Waals surface area contributed by atoms with E-state index in [-0.39, 0.29) is 16.2 Å². The van der Waals surface area contributed by atoms with Gasteiger partial charge in [-0.3, -0.25) is 0 Å². The molecule has 9 aromatic carbocycles. The molecule has 3 aliphatic rings. The highest BCUT2D eigenvalue weighted by Gasteiger charge is 2.44. The Hall–Kier alpha value is -7.62. The fourth-order valence-electron chi connectivity index (χ4n) is 13.2. The highest BCUT2D eigenvalue weighted by atomic mass is 16.3. The Kier molecular flexibility index (Phi) is 8.78. The number of phenols is 1. The molecule has 3 nitrogen and oxygen atoms in total. The number of hydrogen-bond acceptors (Lipinski definition) is 3. The van der Waals surface area contributed by atoms with Crippen LogP contribution >= 0.6 is 0 Å². The van der Waals surface area contributed by atoms with Crippen molar-refractivity contribution in [1.29, 1.82) is 0 Å². The van der Waals surface area contributed by atoms with Crippen molar-refractivity contribution in [2.24, 2.45) is 0 Å². The number of fused-ring (bicyclic) bond motifs is 13. The summed E-state index contributed by atoms with van der Waals surface area (Å²) >= 11 is 0. The zero-order chi connectivity index (χ0) is 48.3. The van der Waals surface area contributed by atoms with Gasteiger partial charge in [0.2, 0.25) is 0 Å². The van der Waals surface area contributed by atoms with Crippen LogP contribution in [0.5, 0.6) is 5.75 Å². The van der Waals surface area contributed by atoms with Gasteiger partial charge in [-0.1, -0.05) is 156 Å². The Labute approximate surface area is 411 Å². The first kappa shape index (κ1) is 42.5. The first-order valence-corrected chi connectivity index (χ1v) is 24.9. The van der Waals surface area contributed by atoms with Crippen LogP contribution in [-0.4, -0.2) is 5.11 Å². The van der Waals surface area contributed by atoms with Crippen LogP contribution in [0.15, 0.2) is 162 Å². The quantitative estimate of drug-likeness (QED) is 0.187. The minimum absolute atomic E-state index is 0.180. The number of phenolic OH excluding ortho intramolecular Hbond substituents is 1. The van der Waals surface area contributed by atoms with Gasteiger partial charge in [0.15, 0.2) is 0 Å². The monoisotopic (exact) mass is 907 g/mol. The summed E-state index contributed by atoms with van der Waals surface area (Å²) in [5.74, 6) is 0.317. The minimum Gasteiger partial charge on any atom is -0.507 e. The molecular weight excluding hydrogens is 851 g/mol. The number of rotatable bonds is 5. The van der Waals surface area contributed by atoms with Gasteiger partial charge in [0.05, 0.1) is 5.69 Å². The van der Waals surface area contributed by atoms with Gasteiger partial charge in [0.1, 0.15) is 16.9 Å². The maximum Gasteiger partial charge on any atom is 0.136 e. The number of benzene rings is 9. The van der Waals surface area contributed by atoms with E-state index in [1.54, 1.807) is 0 Å². The predicted octanol–water partition coefficient (Wildman–Crippen LogP) is 18.2. The third-order valence-corrected chi connectivity index (χ3v) is 16.7. The fraction of sp³-hybridized carbons (Fsp3) is 0.194. The van der Waals surface area contributed by atoms with Crippen molar-refractivity contribution in [2.75, 3.05) is 4.90 Å². The van der Waals surface area contributed by atoms with Gasteiger partial charge in [-0.05, 0) is 171 Å². The molecule has 0 fully saturated rings. The van der Waals surface area contributed by atoms with E-state index in [2.05, 4.69) is 226 Å². The zero-order valence-corrected chi connectivity index (χ0v) is 41.8. The Morgan fingerprint density at radius 3 is 1.69 bits per heavy atom. The molecule has 1 heterocycles. The molecule has 0 saturated carbocycles. The van der Waals surface area contributed by atoms with Crippen molar-refractivity contribution < 1.29 is 9.52 Å². The van der Waals surface area contributed by atoms with Crippen molar-refractivity contribution in [3.05, 3.63) is 213 Å². The molecule has 1 aromatic heterocycles. The molecule has 1 N–H and O–H groups in total. The Morgan fingerprint density at radius 1 is 0.400 bits per heavy atom. The summed E-state index contributed by atoms with van der Waals surface area (Å²) in [5.41, 5.74) is 28.6. The van der Waals surface area contributed by atoms with Crippen molar-refractivity contribution in [3.63, 3.8) is 0 Å². The van der Waals surface area contributed by atoms with Crippen molar-refractivity contribution in [1.82, 2.24) is 0 Å². The van der Waals surface area contributed by atoms with Crippen LogP contribution in [-0.2, 0) is 16.2 Å². The second-order valence-electron chi connectivity index (χ2n) is 22.1. The Balaban J connectivity index is 0.984. The molecule has 0 atom stereocenters. The molecule has 13 rings (SSSR count). The number of hydrogen-bond donors (Lipinski definition) is 1. The molecule has 342 valence electrons. The number of aromatic hydroxyl groups is 1. The number of furan rings is 1. The van der Waals surface area contributed by atoms with E-state index >= 15 is 0 Å². The van der Waals surface area contributed by atoms with Crippen LogP contribution in [0.4, 0.5) is 17.1 Å². The van der Waals surface area contributed by atoms with Crippen molar-refractivity contribution >= 4 is 39.0 Å². The fourth-order valence-corrected chi connectivity index (χ4v) is 13.2. The van der Waals surface area contributed by atoms with E-state index in [0.717, 1.165) is 55.9 Å². The van der Waals surface area contributed by atoms with Crippen LogP contribution < -0.4 is 4.90 Å². The maximum absolute atomic E-state index is 12.4. The second kappa shape index (κ2) is 14.5. The highest BCUT2D eigenvalue weighted by Crippen LogP contribution is 2.61. The summed E-state index contributed by atoms with van der Waals surface area (Å²) < 4.78 is 6.47. The number of anilines is 3. The minimum atomic E-state index is -0.372. The average Bonchev–Trinajstić information content (AvgIpc) is 3.97. The summed E-state index contributed by atoms with van der Waals surface area (Å²) in [5, 5.41) is 14.8. The van der Waals surface area contributed by atoms with Crippen molar-refractivity contribution in [3.8, 4) is 61.4 Å². The molecule has 0 bridgehead atoms. The van der Waals surface area contributed by atoms with Crippen LogP contribution in [0.3, 0.4) is 0 Å². The van der Waals surface area contributed by atoms with E-state index in [1.165, 1.54) is 94.3 Å². The van der Waals surface area contributed by atoms with E-state index in [9.17, 15) is 5.11 Å². The summed E-state index contributed by atoms with van der Waals surface area (Å²) in [6, 6.07) is 58.1. The van der Waals surface area contributed by atoms with Gasteiger partial charge in [-0.25, -0.2) is 0 Å². The lowest BCUT2D eigenvalue weighted by Crippen LogP contribution is -2.19. The topological polar surface area (TPSA) is 36.6 Å². The number of nitrogens with zero attached hydrogens (tertiary/aromatic N) is 1. The number of aryl methyl sites for hydroxylation is 4. The summed E-state index contributed by atoms with van der Waals surface area (Å²) in [6.07, 6.45) is 0. The third-order valence-electron chi connectivity index (χ3n) is 16.7. The summed E-state index contributed by atoms with van der Waals surface area (Å²) in [6.45, 7) is 23.1. The van der Waals surface area contributed by atoms with Crippen LogP contribution in [0.25, 0.3) is 77.6 Å². The van der Waals surface area contributed by atoms with E-state index in [0.29, 0.717) is 5.75 Å². The molecule has 10 aromatic rings. The number of para-hydroxylation sites is 1. The van der Waals surface area contributed by atoms with Crippen LogP contribution in [0.1, 0.15) is 97.2 Å². The lowest BCUT2D eigenvalue weighted by atomic mass is 9.79. The molecule has 0 amide bonds. The normalized spacial score (nSPS) is 15.1. The van der Waals surface area contributed by atoms with Gasteiger partial charge in [0.25, 0.3) is 0 Å². The van der Waals surface area contributed by atoms with Gasteiger partial charge in [-0.15, -0.1) is 0 Å². The van der Waals surface area contributed by atoms with Crippen LogP contribution in [0.2, 0.25) is 0 Å². The molecule has 0 radical (unpaired) electrons. The third kappa shape index (κ3) is 5.75. The highest BCUT2D eigenvalue weighted by molar-refractivity contribution is 6.15. The van der Waals surface area contributed by atoms with E-state index in [4.69, 9.17) is 4.42 Å². The molecule has 3 heteroatoms. The van der Waals surface area contributed by atoms with Crippen molar-refractivity contribution in [2.45, 2.75) is 85.5 Å². The molecule has 70 heavy (non-hydrogen) atoms. The molecule has 0 spiro atoms. The molecule has 0 saturated heterocycles. The van der Waals surface area contributed by atoms with E-state index < -0.39 is 0 Å². The van der Waals surface area contributed by atoms with Gasteiger partial charge in [-0.2, -0.15) is 0 Å². The molecular formula is C67H57NO2. The standard InChI is InChI=1S/C67H57NO2/c1-37-20-22-41(23-21-37)48-34-56-60(59(64(48)69)42-16-12-11-13-17-42)46-27-25-44(33-53(46)67(56,9)10)68(63-39(3)30-38(2)31-40(63)4)43-24-26-45-49-35-55-50(36-54(49)66(7,8)52(45)32-43)61-51(65(55,5)6)28-29-58-62(61)47-18-14-15-19-57(47)70-58/h11-36,69H,1-10H3. The largest absolute Gasteiger partial charge is 0.507 e. The molecule has 0 unspecified atom stereocenters. The lowest BCUT2D eigenvalue weighted by molar-refractivity contribution is 0.479. The maximum atomic E-state index is 12.4. The van der Waals surface area contributed by atoms with E-state index in [1.807, 2.05) is 6.07 Å². The smallest absolute Gasteiger partial charge is 0.136 e. The molecule has 0 aliphatic heterocycles. The zero-order valence-electron chi connectivity index (χ0n) is 41.8. The van der Waals surface area contributed by atoms with Crippen LogP contribution in [0, 0.1) is 27.7 Å². The SMILES string of the molecule is Cc1ccc(-c2cc3c(c(-c4ccccc4)c2O)-c2ccc(N(c4ccc5c(c4)C(C)(C)c4cc6c(cc4-5)C(C)(C)c4ccc5oc7ccccc7c5c4-6)c4c(C)cc(C)cc4C)cc2C3(C)C)cc1. The van der Waals surface area contributed by atoms with Gasteiger partial charge >= 0.3 is 0 Å².